The molecule has 3 amide bonds. The van der Waals surface area contributed by atoms with E-state index in [1.807, 2.05) is 0 Å². The molecule has 1 aliphatic heterocycles. The summed E-state index contributed by atoms with van der Waals surface area (Å²) in [5.74, 6) is -1.61. The largest absolute Gasteiger partial charge is 0.351 e. The summed E-state index contributed by atoms with van der Waals surface area (Å²) in [5.41, 5.74) is 0.798. The molecule has 2 N–H and O–H groups in total. The first-order chi connectivity index (χ1) is 14.0. The number of anilines is 1. The van der Waals surface area contributed by atoms with Crippen molar-refractivity contribution in [3.05, 3.63) is 78.1 Å². The van der Waals surface area contributed by atoms with Crippen LogP contribution in [0.3, 0.4) is 0 Å². The van der Waals surface area contributed by atoms with E-state index in [2.05, 4.69) is 17.2 Å². The zero-order valence-corrected chi connectivity index (χ0v) is 15.9. The lowest BCUT2D eigenvalue weighted by Crippen LogP contribution is -2.46. The average molecular weight is 395 g/mol. The van der Waals surface area contributed by atoms with Gasteiger partial charge in [0.15, 0.2) is 0 Å². The number of hydrogen-bond donors (Lipinski definition) is 2. The Kier molecular flexibility index (Phi) is 6.39. The Hall–Kier alpha value is -3.48. The Bertz CT molecular complexity index is 927. The fraction of sp³-hybridized carbons (Fsp3) is 0.227. The van der Waals surface area contributed by atoms with Gasteiger partial charge < -0.3 is 15.5 Å². The van der Waals surface area contributed by atoms with Crippen LogP contribution in [-0.4, -0.2) is 41.8 Å². The molecule has 6 nitrogen and oxygen atoms in total. The summed E-state index contributed by atoms with van der Waals surface area (Å²) in [5, 5.41) is 5.34. The SMILES string of the molecule is C=CCNC(=O)C1CCCN1C(=O)c1ccc(NC(=O)c2ccccc2F)cc1. The predicted octanol–water partition coefficient (Wildman–Crippen LogP) is 2.98. The quantitative estimate of drug-likeness (QED) is 0.738. The molecule has 0 radical (unpaired) electrons. The number of halogens is 1. The van der Waals surface area contributed by atoms with Crippen LogP contribution in [0.25, 0.3) is 0 Å². The van der Waals surface area contributed by atoms with Crippen LogP contribution in [-0.2, 0) is 4.79 Å². The molecule has 1 unspecified atom stereocenters. The summed E-state index contributed by atoms with van der Waals surface area (Å²) < 4.78 is 13.7. The third-order valence-corrected chi connectivity index (χ3v) is 4.75. The topological polar surface area (TPSA) is 78.5 Å². The van der Waals surface area contributed by atoms with Crippen molar-refractivity contribution in [2.45, 2.75) is 18.9 Å². The van der Waals surface area contributed by atoms with Crippen LogP contribution < -0.4 is 10.6 Å². The second-order valence-electron chi connectivity index (χ2n) is 6.70. The highest BCUT2D eigenvalue weighted by molar-refractivity contribution is 6.05. The molecule has 1 atom stereocenters. The lowest BCUT2D eigenvalue weighted by Gasteiger charge is -2.24. The fourth-order valence-electron chi connectivity index (χ4n) is 3.28. The molecule has 1 heterocycles. The van der Waals surface area contributed by atoms with Gasteiger partial charge in [0.1, 0.15) is 11.9 Å². The summed E-state index contributed by atoms with van der Waals surface area (Å²) in [6, 6.07) is 11.5. The zero-order chi connectivity index (χ0) is 20.8. The molecule has 1 fully saturated rings. The number of amides is 3. The van der Waals surface area contributed by atoms with Crippen LogP contribution in [0.2, 0.25) is 0 Å². The van der Waals surface area contributed by atoms with Gasteiger partial charge in [-0.05, 0) is 49.2 Å². The summed E-state index contributed by atoms with van der Waals surface area (Å²) in [6.07, 6.45) is 2.97. The van der Waals surface area contributed by atoms with Crippen molar-refractivity contribution in [1.29, 1.82) is 0 Å². The van der Waals surface area contributed by atoms with Crippen LogP contribution in [0.15, 0.2) is 61.2 Å². The fourth-order valence-corrected chi connectivity index (χ4v) is 3.28. The van der Waals surface area contributed by atoms with Crippen LogP contribution in [0, 0.1) is 5.82 Å². The van der Waals surface area contributed by atoms with Crippen LogP contribution in [0.1, 0.15) is 33.6 Å². The van der Waals surface area contributed by atoms with Crippen LogP contribution in [0.4, 0.5) is 10.1 Å². The molecule has 7 heteroatoms. The van der Waals surface area contributed by atoms with E-state index in [4.69, 9.17) is 0 Å². The monoisotopic (exact) mass is 395 g/mol. The Morgan fingerprint density at radius 3 is 2.55 bits per heavy atom. The molecule has 0 aliphatic carbocycles. The molecule has 3 rings (SSSR count). The van der Waals surface area contributed by atoms with E-state index in [0.29, 0.717) is 30.8 Å². The van der Waals surface area contributed by atoms with E-state index in [-0.39, 0.29) is 17.4 Å². The van der Waals surface area contributed by atoms with Gasteiger partial charge in [0.2, 0.25) is 5.91 Å². The van der Waals surface area contributed by atoms with Crippen molar-refractivity contribution in [1.82, 2.24) is 10.2 Å². The molecule has 2 aromatic rings. The van der Waals surface area contributed by atoms with Crippen LogP contribution in [0.5, 0.6) is 0 Å². The minimum atomic E-state index is -0.605. The first-order valence-electron chi connectivity index (χ1n) is 9.37. The second-order valence-corrected chi connectivity index (χ2v) is 6.70. The van der Waals surface area contributed by atoms with Gasteiger partial charge in [-0.1, -0.05) is 18.2 Å². The van der Waals surface area contributed by atoms with Crippen molar-refractivity contribution < 1.29 is 18.8 Å². The van der Waals surface area contributed by atoms with Gasteiger partial charge in [-0.25, -0.2) is 4.39 Å². The predicted molar refractivity (Wildman–Crippen MR) is 108 cm³/mol. The highest BCUT2D eigenvalue weighted by Crippen LogP contribution is 2.21. The highest BCUT2D eigenvalue weighted by atomic mass is 19.1. The van der Waals surface area contributed by atoms with Gasteiger partial charge >= 0.3 is 0 Å². The first-order valence-corrected chi connectivity index (χ1v) is 9.37. The number of nitrogens with zero attached hydrogens (tertiary/aromatic N) is 1. The average Bonchev–Trinajstić information content (AvgIpc) is 3.22. The van der Waals surface area contributed by atoms with Crippen molar-refractivity contribution in [2.75, 3.05) is 18.4 Å². The molecule has 0 saturated carbocycles. The molecule has 29 heavy (non-hydrogen) atoms. The highest BCUT2D eigenvalue weighted by Gasteiger charge is 2.34. The molecule has 0 bridgehead atoms. The lowest BCUT2D eigenvalue weighted by molar-refractivity contribution is -0.124. The number of likely N-dealkylation sites (tertiary alicyclic amines) is 1. The number of rotatable bonds is 6. The third-order valence-electron chi connectivity index (χ3n) is 4.75. The minimum absolute atomic E-state index is 0.0573. The number of nitrogens with one attached hydrogen (secondary N) is 2. The summed E-state index contributed by atoms with van der Waals surface area (Å²) in [4.78, 5) is 38.8. The lowest BCUT2D eigenvalue weighted by atomic mass is 10.1. The standard InChI is InChI=1S/C22H22FN3O3/c1-2-13-24-21(28)19-8-5-14-26(19)22(29)15-9-11-16(12-10-15)25-20(27)17-6-3-4-7-18(17)23/h2-4,6-7,9-12,19H,1,5,8,13-14H2,(H,24,28)(H,25,27). The van der Waals surface area contributed by atoms with Gasteiger partial charge in [0.05, 0.1) is 5.56 Å². The van der Waals surface area contributed by atoms with E-state index in [0.717, 1.165) is 6.42 Å². The molecule has 1 saturated heterocycles. The maximum Gasteiger partial charge on any atom is 0.258 e. The molecule has 0 spiro atoms. The number of carbonyl (C=O) groups excluding carboxylic acids is 3. The van der Waals surface area contributed by atoms with E-state index in [1.165, 1.54) is 18.2 Å². The normalized spacial score (nSPS) is 15.6. The van der Waals surface area contributed by atoms with Crippen LogP contribution >= 0.6 is 0 Å². The van der Waals surface area contributed by atoms with Gasteiger partial charge in [0, 0.05) is 24.3 Å². The smallest absolute Gasteiger partial charge is 0.258 e. The Labute approximate surface area is 168 Å². The van der Waals surface area contributed by atoms with Gasteiger partial charge in [-0.3, -0.25) is 14.4 Å². The van der Waals surface area contributed by atoms with Gasteiger partial charge in [0.25, 0.3) is 11.8 Å². The summed E-state index contributed by atoms with van der Waals surface area (Å²) in [7, 11) is 0. The van der Waals surface area contributed by atoms with Gasteiger partial charge in [-0.15, -0.1) is 6.58 Å². The van der Waals surface area contributed by atoms with Gasteiger partial charge in [-0.2, -0.15) is 0 Å². The number of carbonyl (C=O) groups is 3. The molecule has 0 aromatic heterocycles. The molecular formula is C22H22FN3O3. The Balaban J connectivity index is 1.67. The second kappa shape index (κ2) is 9.14. The first kappa shape index (κ1) is 20.3. The maximum atomic E-state index is 13.7. The van der Waals surface area contributed by atoms with E-state index >= 15 is 0 Å². The van der Waals surface area contributed by atoms with Crippen molar-refractivity contribution in [2.24, 2.45) is 0 Å². The Morgan fingerprint density at radius 2 is 1.86 bits per heavy atom. The number of hydrogen-bond acceptors (Lipinski definition) is 3. The summed E-state index contributed by atoms with van der Waals surface area (Å²) >= 11 is 0. The number of benzene rings is 2. The zero-order valence-electron chi connectivity index (χ0n) is 15.9. The molecule has 1 aliphatic rings. The van der Waals surface area contributed by atoms with E-state index in [1.54, 1.807) is 41.3 Å². The summed E-state index contributed by atoms with van der Waals surface area (Å²) in [6.45, 7) is 4.43. The minimum Gasteiger partial charge on any atom is -0.351 e. The maximum absolute atomic E-state index is 13.7. The Morgan fingerprint density at radius 1 is 1.14 bits per heavy atom. The third kappa shape index (κ3) is 4.68. The van der Waals surface area contributed by atoms with E-state index in [9.17, 15) is 18.8 Å². The van der Waals surface area contributed by atoms with E-state index < -0.39 is 17.8 Å². The van der Waals surface area contributed by atoms with Crippen molar-refractivity contribution in [3.63, 3.8) is 0 Å². The molecule has 2 aromatic carbocycles. The van der Waals surface area contributed by atoms with Crippen molar-refractivity contribution >= 4 is 23.4 Å². The molecular weight excluding hydrogens is 373 g/mol. The molecule has 150 valence electrons. The van der Waals surface area contributed by atoms with Crippen molar-refractivity contribution in [3.8, 4) is 0 Å².